The molecule has 166 valence electrons. The van der Waals surface area contributed by atoms with Gasteiger partial charge in [0.05, 0.1) is 6.10 Å². The van der Waals surface area contributed by atoms with Gasteiger partial charge in [0.15, 0.2) is 5.82 Å². The summed E-state index contributed by atoms with van der Waals surface area (Å²) < 4.78 is 8.26. The maximum atomic E-state index is 6.12. The maximum absolute atomic E-state index is 6.12. The lowest BCUT2D eigenvalue weighted by Gasteiger charge is -2.28. The van der Waals surface area contributed by atoms with Crippen LogP contribution in [0.2, 0.25) is 0 Å². The minimum absolute atomic E-state index is 0. The molecule has 9 heteroatoms. The first-order chi connectivity index (χ1) is 13.0. The second-order valence-electron chi connectivity index (χ2n) is 8.12. The van der Waals surface area contributed by atoms with Crippen LogP contribution in [0.15, 0.2) is 0 Å². The van der Waals surface area contributed by atoms with Crippen LogP contribution < -0.4 is 16.2 Å². The molecule has 4 N–H and O–H groups in total. The van der Waals surface area contributed by atoms with Gasteiger partial charge in [-0.3, -0.25) is 0 Å². The number of aryl methyl sites for hydroxylation is 1. The number of nitrogens with zero attached hydrogens (tertiary/aromatic N) is 4. The molecular formula is C20H36Cl2N6O. The minimum atomic E-state index is 0. The van der Waals surface area contributed by atoms with Crippen LogP contribution >= 0.6 is 24.8 Å². The monoisotopic (exact) mass is 446 g/mol. The Morgan fingerprint density at radius 3 is 2.34 bits per heavy atom. The Balaban J connectivity index is 0.00000210. The lowest BCUT2D eigenvalue weighted by atomic mass is 9.82. The van der Waals surface area contributed by atoms with Crippen LogP contribution in [0.3, 0.4) is 0 Å². The second-order valence-corrected chi connectivity index (χ2v) is 8.12. The molecule has 1 saturated carbocycles. The first kappa shape index (κ1) is 25.7. The lowest BCUT2D eigenvalue weighted by Crippen LogP contribution is -2.24. The highest BCUT2D eigenvalue weighted by atomic mass is 35.5. The lowest BCUT2D eigenvalue weighted by molar-refractivity contribution is 0.230. The number of unbranched alkanes of at least 4 members (excludes halogenated alkanes) is 1. The predicted molar refractivity (Wildman–Crippen MR) is 123 cm³/mol. The summed E-state index contributed by atoms with van der Waals surface area (Å²) in [6.07, 6.45) is 8.05. The molecule has 0 aliphatic heterocycles. The highest BCUT2D eigenvalue weighted by Gasteiger charge is 2.25. The molecule has 0 unspecified atom stereocenters. The van der Waals surface area contributed by atoms with Crippen molar-refractivity contribution in [2.24, 2.45) is 17.6 Å². The van der Waals surface area contributed by atoms with Gasteiger partial charge < -0.3 is 20.8 Å². The summed E-state index contributed by atoms with van der Waals surface area (Å²) in [5, 5.41) is 8.32. The van der Waals surface area contributed by atoms with Crippen LogP contribution in [0, 0.1) is 11.8 Å². The summed E-state index contributed by atoms with van der Waals surface area (Å²) in [5.74, 6) is 3.31. The number of hydrogen-bond donors (Lipinski definition) is 2. The molecule has 0 bridgehead atoms. The predicted octanol–water partition coefficient (Wildman–Crippen LogP) is 4.15. The summed E-state index contributed by atoms with van der Waals surface area (Å²) in [6.45, 7) is 7.94. The van der Waals surface area contributed by atoms with E-state index in [1.165, 1.54) is 25.7 Å². The van der Waals surface area contributed by atoms with E-state index in [9.17, 15) is 0 Å². The van der Waals surface area contributed by atoms with Crippen molar-refractivity contribution in [2.75, 3.05) is 12.3 Å². The van der Waals surface area contributed by atoms with Crippen molar-refractivity contribution in [1.82, 2.24) is 19.7 Å². The topological polar surface area (TPSA) is 105 Å². The molecule has 0 saturated heterocycles. The summed E-state index contributed by atoms with van der Waals surface area (Å²) in [6, 6.07) is 0. The number of nitrogen functional groups attached to an aromatic ring is 1. The molecule has 1 aliphatic carbocycles. The number of rotatable bonds is 8. The molecule has 0 amide bonds. The molecule has 0 atom stereocenters. The molecule has 0 radical (unpaired) electrons. The number of imidazole rings is 1. The fourth-order valence-electron chi connectivity index (χ4n) is 4.02. The Bertz CT molecular complexity index is 759. The van der Waals surface area contributed by atoms with Crippen molar-refractivity contribution in [2.45, 2.75) is 78.4 Å². The molecule has 1 aliphatic rings. The third-order valence-electron chi connectivity index (χ3n) is 5.58. The molecular weight excluding hydrogens is 411 g/mol. The van der Waals surface area contributed by atoms with Gasteiger partial charge in [-0.05, 0) is 64.3 Å². The van der Waals surface area contributed by atoms with Crippen LogP contribution in [-0.4, -0.2) is 32.4 Å². The SMILES string of the molecule is CCCCc1nc2c(N)nnc(OC(C)C)c2n1CC1CCC(CN)CC1.Cl.Cl. The fraction of sp³-hybridized carbons (Fsp3) is 0.750. The quantitative estimate of drug-likeness (QED) is 0.630. The Morgan fingerprint density at radius 1 is 1.10 bits per heavy atom. The van der Waals surface area contributed by atoms with E-state index in [1.54, 1.807) is 0 Å². The maximum Gasteiger partial charge on any atom is 0.260 e. The van der Waals surface area contributed by atoms with E-state index in [0.717, 1.165) is 49.2 Å². The molecule has 2 aromatic heterocycles. The van der Waals surface area contributed by atoms with Crippen molar-refractivity contribution < 1.29 is 4.74 Å². The molecule has 2 heterocycles. The number of hydrogen-bond acceptors (Lipinski definition) is 6. The Morgan fingerprint density at radius 2 is 1.76 bits per heavy atom. The second kappa shape index (κ2) is 11.8. The first-order valence-electron chi connectivity index (χ1n) is 10.4. The van der Waals surface area contributed by atoms with Gasteiger partial charge in [-0.2, -0.15) is 0 Å². The third kappa shape index (κ3) is 6.09. The summed E-state index contributed by atoms with van der Waals surface area (Å²) in [5.41, 5.74) is 13.6. The highest BCUT2D eigenvalue weighted by Crippen LogP contribution is 2.33. The van der Waals surface area contributed by atoms with E-state index in [0.29, 0.717) is 23.5 Å². The zero-order chi connectivity index (χ0) is 19.4. The molecule has 3 rings (SSSR count). The average molecular weight is 447 g/mol. The zero-order valence-electron chi connectivity index (χ0n) is 17.8. The highest BCUT2D eigenvalue weighted by molar-refractivity contribution is 5.88. The van der Waals surface area contributed by atoms with Crippen LogP contribution in [0.25, 0.3) is 11.0 Å². The van der Waals surface area contributed by atoms with E-state index in [1.807, 2.05) is 13.8 Å². The number of halogens is 2. The average Bonchev–Trinajstić information content (AvgIpc) is 3.02. The number of nitrogens with two attached hydrogens (primary N) is 2. The van der Waals surface area contributed by atoms with Gasteiger partial charge in [-0.1, -0.05) is 13.3 Å². The van der Waals surface area contributed by atoms with E-state index in [4.69, 9.17) is 21.2 Å². The Labute approximate surface area is 186 Å². The van der Waals surface area contributed by atoms with Crippen LogP contribution in [0.1, 0.15) is 65.1 Å². The Kier molecular flexibility index (Phi) is 10.4. The van der Waals surface area contributed by atoms with Gasteiger partial charge in [0.2, 0.25) is 0 Å². The zero-order valence-corrected chi connectivity index (χ0v) is 19.4. The van der Waals surface area contributed by atoms with Crippen molar-refractivity contribution in [3.05, 3.63) is 5.82 Å². The van der Waals surface area contributed by atoms with Gasteiger partial charge in [-0.25, -0.2) is 4.98 Å². The number of aromatic nitrogens is 4. The normalized spacial score (nSPS) is 19.1. The summed E-state index contributed by atoms with van der Waals surface area (Å²) >= 11 is 0. The van der Waals surface area contributed by atoms with Gasteiger partial charge >= 0.3 is 0 Å². The third-order valence-corrected chi connectivity index (χ3v) is 5.58. The van der Waals surface area contributed by atoms with E-state index >= 15 is 0 Å². The van der Waals surface area contributed by atoms with E-state index in [2.05, 4.69) is 21.7 Å². The smallest absolute Gasteiger partial charge is 0.260 e. The van der Waals surface area contributed by atoms with E-state index in [-0.39, 0.29) is 30.9 Å². The van der Waals surface area contributed by atoms with Gasteiger partial charge in [-0.15, -0.1) is 35.0 Å². The Hall–Kier alpha value is -1.31. The molecule has 1 fully saturated rings. The van der Waals surface area contributed by atoms with Gasteiger partial charge in [0.25, 0.3) is 5.88 Å². The first-order valence-corrected chi connectivity index (χ1v) is 10.4. The van der Waals surface area contributed by atoms with Crippen LogP contribution in [0.4, 0.5) is 5.82 Å². The number of ether oxygens (including phenoxy) is 1. The number of fused-ring (bicyclic) bond motifs is 1. The molecule has 0 spiro atoms. The molecule has 2 aromatic rings. The minimum Gasteiger partial charge on any atom is -0.472 e. The number of anilines is 1. The van der Waals surface area contributed by atoms with Crippen molar-refractivity contribution in [3.63, 3.8) is 0 Å². The molecule has 0 aromatic carbocycles. The van der Waals surface area contributed by atoms with E-state index < -0.39 is 0 Å². The standard InChI is InChI=1S/C20H34N6O.2ClH/c1-4-5-6-16-23-17-18(20(27-13(2)3)25-24-19(17)22)26(16)12-15-9-7-14(11-21)8-10-15;;/h13-15H,4-12,21H2,1-3H3,(H2,22,24);2*1H. The van der Waals surface area contributed by atoms with Gasteiger partial charge in [0.1, 0.15) is 16.9 Å². The largest absolute Gasteiger partial charge is 0.472 e. The van der Waals surface area contributed by atoms with Gasteiger partial charge in [0, 0.05) is 13.0 Å². The molecule has 7 nitrogen and oxygen atoms in total. The summed E-state index contributed by atoms with van der Waals surface area (Å²) in [7, 11) is 0. The van der Waals surface area contributed by atoms with Crippen LogP contribution in [0.5, 0.6) is 5.88 Å². The fourth-order valence-corrected chi connectivity index (χ4v) is 4.02. The van der Waals surface area contributed by atoms with Crippen molar-refractivity contribution in [1.29, 1.82) is 0 Å². The van der Waals surface area contributed by atoms with Crippen LogP contribution in [-0.2, 0) is 13.0 Å². The summed E-state index contributed by atoms with van der Waals surface area (Å²) in [4.78, 5) is 4.85. The van der Waals surface area contributed by atoms with Crippen molar-refractivity contribution in [3.8, 4) is 5.88 Å². The van der Waals surface area contributed by atoms with Crippen molar-refractivity contribution >= 4 is 41.7 Å². The molecule has 29 heavy (non-hydrogen) atoms.